The van der Waals surface area contributed by atoms with Gasteiger partial charge in [-0.2, -0.15) is 10.4 Å². The van der Waals surface area contributed by atoms with Crippen LogP contribution in [-0.4, -0.2) is 21.4 Å². The third-order valence-electron chi connectivity index (χ3n) is 3.81. The van der Waals surface area contributed by atoms with Gasteiger partial charge in [-0.3, -0.25) is 10.00 Å². The Labute approximate surface area is 112 Å². The van der Waals surface area contributed by atoms with E-state index in [-0.39, 0.29) is 0 Å². The van der Waals surface area contributed by atoms with Gasteiger partial charge < -0.3 is 0 Å². The summed E-state index contributed by atoms with van der Waals surface area (Å²) in [6, 6.07) is 3.04. The molecule has 0 aromatic carbocycles. The molecule has 1 aromatic rings. The van der Waals surface area contributed by atoms with E-state index in [9.17, 15) is 5.26 Å². The molecule has 4 nitrogen and oxygen atoms in total. The van der Waals surface area contributed by atoms with Crippen molar-refractivity contribution in [3.63, 3.8) is 0 Å². The van der Waals surface area contributed by atoms with Crippen molar-refractivity contribution >= 4 is 11.6 Å². The summed E-state index contributed by atoms with van der Waals surface area (Å²) in [5, 5.41) is 18.2. The fourth-order valence-corrected chi connectivity index (χ4v) is 2.60. The lowest BCUT2D eigenvalue weighted by atomic mass is 9.94. The van der Waals surface area contributed by atoms with Gasteiger partial charge >= 0.3 is 0 Å². The number of hydrogen-bond donors (Lipinski definition) is 1. The topological polar surface area (TPSA) is 53.6 Å². The average Bonchev–Trinajstić information content (AvgIpc) is 3.21. The predicted octanol–water partition coefficient (Wildman–Crippen LogP) is 2.27. The zero-order chi connectivity index (χ0) is 12.8. The minimum atomic E-state index is -0.455. The van der Waals surface area contributed by atoms with Crippen LogP contribution in [0, 0.1) is 24.2 Å². The minimum Gasteiger partial charge on any atom is -0.295 e. The van der Waals surface area contributed by atoms with E-state index in [0.29, 0.717) is 23.5 Å². The van der Waals surface area contributed by atoms with Crippen LogP contribution >= 0.6 is 11.6 Å². The zero-order valence-electron chi connectivity index (χ0n) is 10.5. The molecule has 0 spiro atoms. The molecular weight excluding hydrogens is 248 g/mol. The molecule has 2 aliphatic carbocycles. The fraction of sp³-hybridized carbons (Fsp3) is 0.692. The van der Waals surface area contributed by atoms with Crippen LogP contribution in [-0.2, 0) is 6.54 Å². The number of aromatic nitrogens is 2. The largest absolute Gasteiger partial charge is 0.295 e. The SMILES string of the molecule is Cc1nn(CC(C#N)(NC2CC2)C2CC2)cc1Cl. The lowest BCUT2D eigenvalue weighted by Crippen LogP contribution is -2.50. The lowest BCUT2D eigenvalue weighted by molar-refractivity contribution is 0.302. The molecular formula is C13H17ClN4. The van der Waals surface area contributed by atoms with Gasteiger partial charge in [-0.25, -0.2) is 0 Å². The van der Waals surface area contributed by atoms with E-state index in [1.54, 1.807) is 0 Å². The summed E-state index contributed by atoms with van der Waals surface area (Å²) >= 11 is 6.03. The molecule has 1 N–H and O–H groups in total. The molecule has 96 valence electrons. The third-order valence-corrected chi connectivity index (χ3v) is 4.18. The molecule has 3 rings (SSSR count). The second kappa shape index (κ2) is 4.25. The first kappa shape index (κ1) is 12.0. The van der Waals surface area contributed by atoms with Gasteiger partial charge in [0.25, 0.3) is 0 Å². The van der Waals surface area contributed by atoms with Crippen LogP contribution in [0.2, 0.25) is 5.02 Å². The van der Waals surface area contributed by atoms with Crippen molar-refractivity contribution in [1.82, 2.24) is 15.1 Å². The molecule has 18 heavy (non-hydrogen) atoms. The van der Waals surface area contributed by atoms with Gasteiger partial charge in [-0.15, -0.1) is 0 Å². The van der Waals surface area contributed by atoms with E-state index in [1.165, 1.54) is 12.8 Å². The summed E-state index contributed by atoms with van der Waals surface area (Å²) in [5.41, 5.74) is 0.369. The van der Waals surface area contributed by atoms with Crippen molar-refractivity contribution < 1.29 is 0 Å². The van der Waals surface area contributed by atoms with Crippen LogP contribution in [0.25, 0.3) is 0 Å². The zero-order valence-corrected chi connectivity index (χ0v) is 11.2. The fourth-order valence-electron chi connectivity index (χ4n) is 2.45. The summed E-state index contributed by atoms with van der Waals surface area (Å²) in [7, 11) is 0. The molecule has 2 aliphatic rings. The van der Waals surface area contributed by atoms with Gasteiger partial charge in [-0.05, 0) is 38.5 Å². The molecule has 0 radical (unpaired) electrons. The second-order valence-electron chi connectivity index (χ2n) is 5.54. The molecule has 0 amide bonds. The summed E-state index contributed by atoms with van der Waals surface area (Å²) < 4.78 is 1.81. The number of hydrogen-bond acceptors (Lipinski definition) is 3. The highest BCUT2D eigenvalue weighted by atomic mass is 35.5. The maximum atomic E-state index is 9.61. The van der Waals surface area contributed by atoms with E-state index in [0.717, 1.165) is 18.5 Å². The van der Waals surface area contributed by atoms with E-state index in [1.807, 2.05) is 17.8 Å². The van der Waals surface area contributed by atoms with Crippen molar-refractivity contribution in [2.45, 2.75) is 50.7 Å². The number of nitrogens with zero attached hydrogens (tertiary/aromatic N) is 3. The van der Waals surface area contributed by atoms with E-state index in [2.05, 4.69) is 16.5 Å². The second-order valence-corrected chi connectivity index (χ2v) is 5.94. The predicted molar refractivity (Wildman–Crippen MR) is 69.2 cm³/mol. The molecule has 5 heteroatoms. The molecule has 0 bridgehead atoms. The highest BCUT2D eigenvalue weighted by Crippen LogP contribution is 2.42. The van der Waals surface area contributed by atoms with Crippen molar-refractivity contribution in [2.24, 2.45) is 5.92 Å². The Morgan fingerprint density at radius 1 is 1.56 bits per heavy atom. The number of halogens is 1. The van der Waals surface area contributed by atoms with Gasteiger partial charge in [0.15, 0.2) is 0 Å². The summed E-state index contributed by atoms with van der Waals surface area (Å²) in [5.74, 6) is 0.464. The first-order valence-corrected chi connectivity index (χ1v) is 6.89. The van der Waals surface area contributed by atoms with Gasteiger partial charge in [0.1, 0.15) is 5.54 Å². The molecule has 0 aliphatic heterocycles. The summed E-state index contributed by atoms with van der Waals surface area (Å²) in [6.45, 7) is 2.48. The quantitative estimate of drug-likeness (QED) is 0.888. The number of nitriles is 1. The van der Waals surface area contributed by atoms with E-state index >= 15 is 0 Å². The summed E-state index contributed by atoms with van der Waals surface area (Å²) in [4.78, 5) is 0. The Morgan fingerprint density at radius 2 is 2.28 bits per heavy atom. The first-order valence-electron chi connectivity index (χ1n) is 6.51. The molecule has 1 aromatic heterocycles. The highest BCUT2D eigenvalue weighted by molar-refractivity contribution is 6.31. The van der Waals surface area contributed by atoms with Crippen LogP contribution in [0.5, 0.6) is 0 Å². The standard InChI is InChI=1S/C13H17ClN4/c1-9-12(14)6-18(17-9)8-13(7-15,10-2-3-10)16-11-4-5-11/h6,10-11,16H,2-5,8H2,1H3. The molecule has 1 heterocycles. The monoisotopic (exact) mass is 264 g/mol. The Morgan fingerprint density at radius 3 is 2.72 bits per heavy atom. The maximum absolute atomic E-state index is 9.61. The van der Waals surface area contributed by atoms with E-state index < -0.39 is 5.54 Å². The Balaban J connectivity index is 1.82. The van der Waals surface area contributed by atoms with Crippen LogP contribution in [0.1, 0.15) is 31.4 Å². The van der Waals surface area contributed by atoms with Crippen molar-refractivity contribution in [3.05, 3.63) is 16.9 Å². The van der Waals surface area contributed by atoms with Crippen molar-refractivity contribution in [3.8, 4) is 6.07 Å². The Kier molecular flexibility index (Phi) is 2.84. The maximum Gasteiger partial charge on any atom is 0.129 e. The molecule has 0 saturated heterocycles. The lowest BCUT2D eigenvalue weighted by Gasteiger charge is -2.28. The minimum absolute atomic E-state index is 0.455. The van der Waals surface area contributed by atoms with Crippen molar-refractivity contribution in [1.29, 1.82) is 5.26 Å². The smallest absolute Gasteiger partial charge is 0.129 e. The van der Waals surface area contributed by atoms with Gasteiger partial charge in [0.2, 0.25) is 0 Å². The first-order chi connectivity index (χ1) is 8.63. The Hall–Kier alpha value is -1.05. The van der Waals surface area contributed by atoms with Crippen LogP contribution in [0.15, 0.2) is 6.20 Å². The van der Waals surface area contributed by atoms with Crippen LogP contribution in [0.3, 0.4) is 0 Å². The summed E-state index contributed by atoms with van der Waals surface area (Å²) in [6.07, 6.45) is 6.48. The van der Waals surface area contributed by atoms with Gasteiger partial charge in [0, 0.05) is 12.2 Å². The third kappa shape index (κ3) is 2.25. The normalized spacial score (nSPS) is 22.5. The number of rotatable bonds is 5. The number of nitrogens with one attached hydrogen (secondary N) is 1. The molecule has 1 atom stereocenters. The number of aryl methyl sites for hydroxylation is 1. The Bertz CT molecular complexity index is 476. The van der Waals surface area contributed by atoms with Crippen molar-refractivity contribution in [2.75, 3.05) is 0 Å². The van der Waals surface area contributed by atoms with E-state index in [4.69, 9.17) is 11.6 Å². The van der Waals surface area contributed by atoms with Gasteiger partial charge in [-0.1, -0.05) is 11.6 Å². The molecule has 1 unspecified atom stereocenters. The van der Waals surface area contributed by atoms with Crippen LogP contribution in [0.4, 0.5) is 0 Å². The van der Waals surface area contributed by atoms with Crippen LogP contribution < -0.4 is 5.32 Å². The molecule has 2 fully saturated rings. The highest BCUT2D eigenvalue weighted by Gasteiger charge is 2.48. The van der Waals surface area contributed by atoms with Gasteiger partial charge in [0.05, 0.1) is 23.3 Å². The average molecular weight is 265 g/mol. The molecule has 2 saturated carbocycles.